The highest BCUT2D eigenvalue weighted by molar-refractivity contribution is 7.91. The van der Waals surface area contributed by atoms with E-state index in [9.17, 15) is 21.6 Å². The van der Waals surface area contributed by atoms with E-state index >= 15 is 0 Å². The van der Waals surface area contributed by atoms with Crippen molar-refractivity contribution < 1.29 is 21.6 Å². The van der Waals surface area contributed by atoms with Gasteiger partial charge >= 0.3 is 0 Å². The van der Waals surface area contributed by atoms with E-state index in [1.807, 2.05) is 35.1 Å². The maximum Gasteiger partial charge on any atom is 0.264 e. The van der Waals surface area contributed by atoms with Crippen LogP contribution in [0, 0.1) is 6.92 Å². The van der Waals surface area contributed by atoms with Gasteiger partial charge in [-0.1, -0.05) is 37.3 Å². The van der Waals surface area contributed by atoms with Gasteiger partial charge in [-0.15, -0.1) is 0 Å². The smallest absolute Gasteiger partial charge is 0.264 e. The van der Waals surface area contributed by atoms with Crippen LogP contribution in [-0.2, 0) is 31.7 Å². The molecule has 0 aliphatic heterocycles. The molecule has 2 aromatic carbocycles. The lowest BCUT2D eigenvalue weighted by Gasteiger charge is -2.16. The second-order valence-electron chi connectivity index (χ2n) is 7.12. The van der Waals surface area contributed by atoms with Crippen molar-refractivity contribution in [3.05, 3.63) is 54.1 Å². The molecule has 0 bridgehead atoms. The number of benzene rings is 2. The first-order valence-corrected chi connectivity index (χ1v) is 12.8. The van der Waals surface area contributed by atoms with Crippen molar-refractivity contribution in [3.8, 4) is 22.5 Å². The molecule has 3 rings (SSSR count). The third kappa shape index (κ3) is 4.54. The van der Waals surface area contributed by atoms with Gasteiger partial charge in [0.05, 0.1) is 21.2 Å². The lowest BCUT2D eigenvalue weighted by molar-refractivity contribution is -0.119. The van der Waals surface area contributed by atoms with Crippen LogP contribution in [0.15, 0.2) is 58.3 Å². The van der Waals surface area contributed by atoms with Gasteiger partial charge in [0.1, 0.15) is 0 Å². The first kappa shape index (κ1) is 22.7. The van der Waals surface area contributed by atoms with Crippen LogP contribution in [0.25, 0.3) is 22.5 Å². The van der Waals surface area contributed by atoms with Crippen LogP contribution in [0.2, 0.25) is 0 Å². The molecule has 10 heteroatoms. The number of nitrogens with zero attached hydrogens (tertiary/aromatic N) is 2. The lowest BCUT2D eigenvalue weighted by Crippen LogP contribution is -2.30. The van der Waals surface area contributed by atoms with Crippen LogP contribution in [0.5, 0.6) is 0 Å². The first-order valence-electron chi connectivity index (χ1n) is 9.45. The van der Waals surface area contributed by atoms with Gasteiger partial charge in [0.25, 0.3) is 10.0 Å². The van der Waals surface area contributed by atoms with Crippen LogP contribution in [0.1, 0.15) is 18.9 Å². The molecule has 1 heterocycles. The third-order valence-corrected chi connectivity index (χ3v) is 7.50. The molecule has 0 aliphatic carbocycles. The van der Waals surface area contributed by atoms with E-state index in [0.717, 1.165) is 11.8 Å². The number of aromatic nitrogens is 2. The summed E-state index contributed by atoms with van der Waals surface area (Å²) in [7, 11) is -6.22. The van der Waals surface area contributed by atoms with E-state index in [1.54, 1.807) is 20.0 Å². The van der Waals surface area contributed by atoms with Crippen molar-refractivity contribution in [3.63, 3.8) is 0 Å². The zero-order valence-corrected chi connectivity index (χ0v) is 19.2. The van der Waals surface area contributed by atoms with Crippen LogP contribution in [0.3, 0.4) is 0 Å². The van der Waals surface area contributed by atoms with Crippen molar-refractivity contribution >= 4 is 25.8 Å². The largest absolute Gasteiger partial charge is 0.274 e. The Kier molecular flexibility index (Phi) is 6.06. The number of sulfone groups is 1. The summed E-state index contributed by atoms with van der Waals surface area (Å²) in [6, 6.07) is 13.5. The summed E-state index contributed by atoms with van der Waals surface area (Å²) in [4.78, 5) is 11.6. The molecule has 0 aliphatic rings. The van der Waals surface area contributed by atoms with E-state index in [2.05, 4.69) is 5.10 Å². The van der Waals surface area contributed by atoms with E-state index in [1.165, 1.54) is 23.7 Å². The second kappa shape index (κ2) is 8.27. The van der Waals surface area contributed by atoms with Crippen molar-refractivity contribution in [1.82, 2.24) is 14.5 Å². The molecule has 0 atom stereocenters. The van der Waals surface area contributed by atoms with Gasteiger partial charge in [0.15, 0.2) is 9.84 Å². The normalized spacial score (nSPS) is 12.0. The van der Waals surface area contributed by atoms with Crippen LogP contribution in [-0.4, -0.2) is 38.8 Å². The monoisotopic (exact) mass is 461 g/mol. The average molecular weight is 462 g/mol. The Labute approximate surface area is 181 Å². The van der Waals surface area contributed by atoms with Gasteiger partial charge < -0.3 is 0 Å². The topological polar surface area (TPSA) is 115 Å². The van der Waals surface area contributed by atoms with Gasteiger partial charge in [0.2, 0.25) is 5.91 Å². The fourth-order valence-electron chi connectivity index (χ4n) is 3.34. The molecule has 0 fully saturated rings. The van der Waals surface area contributed by atoms with E-state index in [4.69, 9.17) is 0 Å². The van der Waals surface area contributed by atoms with Gasteiger partial charge in [-0.05, 0) is 30.7 Å². The van der Waals surface area contributed by atoms with Crippen molar-refractivity contribution in [2.75, 3.05) is 6.26 Å². The molecule has 8 nitrogen and oxygen atoms in total. The predicted octanol–water partition coefficient (Wildman–Crippen LogP) is 2.68. The third-order valence-electron chi connectivity index (χ3n) is 4.84. The van der Waals surface area contributed by atoms with Crippen molar-refractivity contribution in [2.45, 2.75) is 30.1 Å². The average Bonchev–Trinajstić information content (AvgIpc) is 3.08. The van der Waals surface area contributed by atoms with Crippen molar-refractivity contribution in [2.24, 2.45) is 7.05 Å². The van der Waals surface area contributed by atoms with Gasteiger partial charge in [-0.2, -0.15) is 5.10 Å². The minimum atomic E-state index is -4.24. The molecular formula is C21H23N3O5S2. The van der Waals surface area contributed by atoms with Gasteiger partial charge in [0, 0.05) is 30.9 Å². The number of rotatable bonds is 6. The van der Waals surface area contributed by atoms with E-state index < -0.39 is 25.8 Å². The minimum absolute atomic E-state index is 0.00530. The first-order chi connectivity index (χ1) is 14.5. The number of nitrogens with one attached hydrogen (secondary N) is 1. The Balaban J connectivity index is 2.32. The van der Waals surface area contributed by atoms with Crippen LogP contribution in [0.4, 0.5) is 0 Å². The molecule has 0 radical (unpaired) electrons. The number of aryl methyl sites for hydroxylation is 1. The molecule has 1 aromatic heterocycles. The fraction of sp³-hybridized carbons (Fsp3) is 0.238. The summed E-state index contributed by atoms with van der Waals surface area (Å²) < 4.78 is 54.1. The molecule has 0 saturated carbocycles. The van der Waals surface area contributed by atoms with E-state index in [-0.39, 0.29) is 27.3 Å². The Bertz CT molecular complexity index is 1360. The Morgan fingerprint density at radius 3 is 2.23 bits per heavy atom. The molecule has 31 heavy (non-hydrogen) atoms. The maximum atomic E-state index is 13.0. The number of sulfonamides is 1. The van der Waals surface area contributed by atoms with Gasteiger partial charge in [-0.3, -0.25) is 9.48 Å². The van der Waals surface area contributed by atoms with Gasteiger partial charge in [-0.25, -0.2) is 21.6 Å². The minimum Gasteiger partial charge on any atom is -0.274 e. The highest BCUT2D eigenvalue weighted by Crippen LogP contribution is 2.36. The molecule has 1 amide bonds. The second-order valence-corrected chi connectivity index (χ2v) is 10.8. The molecule has 0 spiro atoms. The predicted molar refractivity (Wildman–Crippen MR) is 118 cm³/mol. The highest BCUT2D eigenvalue weighted by atomic mass is 32.2. The molecule has 0 unspecified atom stereocenters. The zero-order chi connectivity index (χ0) is 23.0. The quantitative estimate of drug-likeness (QED) is 0.603. The molecule has 0 saturated heterocycles. The summed E-state index contributed by atoms with van der Waals surface area (Å²) in [5, 5.41) is 4.48. The van der Waals surface area contributed by atoms with E-state index in [0.29, 0.717) is 11.4 Å². The standard InChI is InChI=1S/C21H23N3O5S2/c1-5-20(25)23-31(28,29)19-12-11-18(30(4,26)27)14(2)21(19)17-13-16(22-24(17)3)15-9-7-6-8-10-15/h6-13H,5H2,1-4H3,(H,23,25). The van der Waals surface area contributed by atoms with Crippen LogP contribution >= 0.6 is 0 Å². The summed E-state index contributed by atoms with van der Waals surface area (Å²) in [6.45, 7) is 3.08. The van der Waals surface area contributed by atoms with Crippen molar-refractivity contribution in [1.29, 1.82) is 0 Å². The summed E-state index contributed by atoms with van der Waals surface area (Å²) in [5.41, 5.74) is 2.27. The summed E-state index contributed by atoms with van der Waals surface area (Å²) in [6.07, 6.45) is 1.05. The Morgan fingerprint density at radius 1 is 1.03 bits per heavy atom. The summed E-state index contributed by atoms with van der Waals surface area (Å²) in [5.74, 6) is -0.661. The molecular weight excluding hydrogens is 438 g/mol. The number of hydrogen-bond acceptors (Lipinski definition) is 6. The SMILES string of the molecule is CCC(=O)NS(=O)(=O)c1ccc(S(C)(=O)=O)c(C)c1-c1cc(-c2ccccc2)nn1C. The molecule has 1 N–H and O–H groups in total. The Hall–Kier alpha value is -2.98. The fourth-order valence-corrected chi connectivity index (χ4v) is 5.64. The number of hydrogen-bond donors (Lipinski definition) is 1. The number of amides is 1. The Morgan fingerprint density at radius 2 is 1.65 bits per heavy atom. The lowest BCUT2D eigenvalue weighted by atomic mass is 10.0. The molecule has 164 valence electrons. The number of carbonyl (C=O) groups excluding carboxylic acids is 1. The highest BCUT2D eigenvalue weighted by Gasteiger charge is 2.28. The maximum absolute atomic E-state index is 13.0. The van der Waals surface area contributed by atoms with Crippen LogP contribution < -0.4 is 4.72 Å². The summed E-state index contributed by atoms with van der Waals surface area (Å²) >= 11 is 0. The zero-order valence-electron chi connectivity index (χ0n) is 17.6. The number of carbonyl (C=O) groups is 1. The molecule has 3 aromatic rings.